The Morgan fingerprint density at radius 3 is 2.58 bits per heavy atom. The molecule has 0 radical (unpaired) electrons. The molecule has 1 aliphatic heterocycles. The third-order valence-electron chi connectivity index (χ3n) is 6.17. The highest BCUT2D eigenvalue weighted by Gasteiger charge is 2.42. The van der Waals surface area contributed by atoms with E-state index in [0.717, 1.165) is 24.4 Å². The molecule has 4 atom stereocenters. The van der Waals surface area contributed by atoms with E-state index in [1.54, 1.807) is 0 Å². The van der Waals surface area contributed by atoms with Gasteiger partial charge < -0.3 is 10.1 Å². The van der Waals surface area contributed by atoms with Crippen molar-refractivity contribution in [1.82, 2.24) is 5.32 Å². The van der Waals surface area contributed by atoms with Gasteiger partial charge in [0.05, 0.1) is 11.7 Å². The highest BCUT2D eigenvalue weighted by molar-refractivity contribution is 4.94. The van der Waals surface area contributed by atoms with Gasteiger partial charge in [0.15, 0.2) is 0 Å². The zero-order valence-electron chi connectivity index (χ0n) is 12.8. The van der Waals surface area contributed by atoms with E-state index in [4.69, 9.17) is 4.74 Å². The lowest BCUT2D eigenvalue weighted by atomic mass is 9.78. The van der Waals surface area contributed by atoms with E-state index >= 15 is 0 Å². The van der Waals surface area contributed by atoms with Gasteiger partial charge in [-0.15, -0.1) is 0 Å². The molecule has 3 fully saturated rings. The fourth-order valence-electron chi connectivity index (χ4n) is 4.58. The molecule has 0 bridgehead atoms. The Morgan fingerprint density at radius 2 is 1.79 bits per heavy atom. The van der Waals surface area contributed by atoms with Crippen molar-refractivity contribution in [3.8, 4) is 0 Å². The molecule has 4 unspecified atom stereocenters. The second-order valence-corrected chi connectivity index (χ2v) is 7.45. The summed E-state index contributed by atoms with van der Waals surface area (Å²) in [6.45, 7) is 5.93. The summed E-state index contributed by atoms with van der Waals surface area (Å²) >= 11 is 0. The van der Waals surface area contributed by atoms with Gasteiger partial charge in [-0.05, 0) is 43.9 Å². The van der Waals surface area contributed by atoms with Crippen LogP contribution in [0.4, 0.5) is 0 Å². The molecule has 2 saturated carbocycles. The summed E-state index contributed by atoms with van der Waals surface area (Å²) in [7, 11) is 0. The van der Waals surface area contributed by atoms with Crippen molar-refractivity contribution < 1.29 is 4.74 Å². The Morgan fingerprint density at radius 1 is 1.00 bits per heavy atom. The lowest BCUT2D eigenvalue weighted by Gasteiger charge is -2.35. The second-order valence-electron chi connectivity index (χ2n) is 7.45. The monoisotopic (exact) mass is 265 g/mol. The molecule has 1 N–H and O–H groups in total. The van der Waals surface area contributed by atoms with Gasteiger partial charge in [0.25, 0.3) is 0 Å². The van der Waals surface area contributed by atoms with Gasteiger partial charge in [-0.3, -0.25) is 0 Å². The van der Waals surface area contributed by atoms with Gasteiger partial charge in [-0.25, -0.2) is 0 Å². The number of hydrogen-bond donors (Lipinski definition) is 1. The van der Waals surface area contributed by atoms with Crippen LogP contribution in [0.5, 0.6) is 0 Å². The van der Waals surface area contributed by atoms with Crippen LogP contribution >= 0.6 is 0 Å². The SMILES string of the molecule is CC1CCCC(NCC2CCC3(CCCC3)O2)C1C. The van der Waals surface area contributed by atoms with Crippen LogP contribution in [-0.4, -0.2) is 24.3 Å². The third kappa shape index (κ3) is 3.00. The molecule has 1 saturated heterocycles. The first kappa shape index (κ1) is 13.9. The lowest BCUT2D eigenvalue weighted by molar-refractivity contribution is -0.0370. The van der Waals surface area contributed by atoms with Crippen LogP contribution in [0.3, 0.4) is 0 Å². The molecule has 19 heavy (non-hydrogen) atoms. The van der Waals surface area contributed by atoms with Crippen LogP contribution in [-0.2, 0) is 4.74 Å². The topological polar surface area (TPSA) is 21.3 Å². The van der Waals surface area contributed by atoms with Gasteiger partial charge in [0.1, 0.15) is 0 Å². The van der Waals surface area contributed by atoms with Crippen LogP contribution < -0.4 is 5.32 Å². The summed E-state index contributed by atoms with van der Waals surface area (Å²) in [5.41, 5.74) is 0.303. The minimum Gasteiger partial charge on any atom is -0.370 e. The molecule has 2 aliphatic carbocycles. The average Bonchev–Trinajstić information content (AvgIpc) is 3.02. The van der Waals surface area contributed by atoms with E-state index in [1.807, 2.05) is 0 Å². The summed E-state index contributed by atoms with van der Waals surface area (Å²) in [6.07, 6.45) is 12.7. The average molecular weight is 265 g/mol. The van der Waals surface area contributed by atoms with Crippen molar-refractivity contribution in [2.24, 2.45) is 11.8 Å². The second kappa shape index (κ2) is 5.73. The maximum atomic E-state index is 6.40. The molecule has 1 spiro atoms. The summed E-state index contributed by atoms with van der Waals surface area (Å²) in [5, 5.41) is 3.83. The van der Waals surface area contributed by atoms with E-state index in [1.165, 1.54) is 57.8 Å². The first-order valence-electron chi connectivity index (χ1n) is 8.60. The predicted molar refractivity (Wildman–Crippen MR) is 79.3 cm³/mol. The van der Waals surface area contributed by atoms with Crippen molar-refractivity contribution in [1.29, 1.82) is 0 Å². The molecule has 110 valence electrons. The summed E-state index contributed by atoms with van der Waals surface area (Å²) in [6, 6.07) is 0.729. The van der Waals surface area contributed by atoms with E-state index in [0.29, 0.717) is 11.7 Å². The predicted octanol–water partition coefficient (Wildman–Crippen LogP) is 3.89. The third-order valence-corrected chi connectivity index (χ3v) is 6.17. The number of ether oxygens (including phenoxy) is 1. The first-order valence-corrected chi connectivity index (χ1v) is 8.60. The van der Waals surface area contributed by atoms with Gasteiger partial charge >= 0.3 is 0 Å². The molecule has 3 aliphatic rings. The minimum atomic E-state index is 0.303. The summed E-state index contributed by atoms with van der Waals surface area (Å²) in [4.78, 5) is 0. The van der Waals surface area contributed by atoms with Crippen LogP contribution in [0, 0.1) is 11.8 Å². The molecule has 0 aromatic rings. The molecular weight excluding hydrogens is 234 g/mol. The fourth-order valence-corrected chi connectivity index (χ4v) is 4.58. The molecule has 0 aromatic carbocycles. The molecule has 0 amide bonds. The summed E-state index contributed by atoms with van der Waals surface area (Å²) < 4.78 is 6.40. The van der Waals surface area contributed by atoms with Gasteiger partial charge in [-0.2, -0.15) is 0 Å². The van der Waals surface area contributed by atoms with E-state index < -0.39 is 0 Å². The zero-order chi connectivity index (χ0) is 13.3. The fraction of sp³-hybridized carbons (Fsp3) is 1.00. The van der Waals surface area contributed by atoms with Crippen molar-refractivity contribution >= 4 is 0 Å². The molecule has 1 heterocycles. The lowest BCUT2D eigenvalue weighted by Crippen LogP contribution is -2.44. The number of rotatable bonds is 3. The van der Waals surface area contributed by atoms with Crippen LogP contribution in [0.1, 0.15) is 71.6 Å². The van der Waals surface area contributed by atoms with Crippen LogP contribution in [0.25, 0.3) is 0 Å². The van der Waals surface area contributed by atoms with Gasteiger partial charge in [0, 0.05) is 12.6 Å². The minimum absolute atomic E-state index is 0.303. The van der Waals surface area contributed by atoms with E-state index in [2.05, 4.69) is 19.2 Å². The standard InChI is InChI=1S/C17H31NO/c1-13-6-5-7-16(14(13)2)18-12-15-8-11-17(19-15)9-3-4-10-17/h13-16,18H,3-12H2,1-2H3. The number of nitrogens with one attached hydrogen (secondary N) is 1. The zero-order valence-corrected chi connectivity index (χ0v) is 12.8. The van der Waals surface area contributed by atoms with Crippen molar-refractivity contribution in [2.75, 3.05) is 6.54 Å². The largest absolute Gasteiger partial charge is 0.370 e. The molecule has 2 nitrogen and oxygen atoms in total. The molecular formula is C17H31NO. The molecule has 3 rings (SSSR count). The summed E-state index contributed by atoms with van der Waals surface area (Å²) in [5.74, 6) is 1.72. The molecule has 2 heteroatoms. The maximum Gasteiger partial charge on any atom is 0.0708 e. The Labute approximate surface area is 118 Å². The highest BCUT2D eigenvalue weighted by Crippen LogP contribution is 2.43. The van der Waals surface area contributed by atoms with E-state index in [9.17, 15) is 0 Å². The first-order chi connectivity index (χ1) is 9.19. The Hall–Kier alpha value is -0.0800. The Kier molecular flexibility index (Phi) is 4.19. The van der Waals surface area contributed by atoms with Crippen LogP contribution in [0.2, 0.25) is 0 Å². The Balaban J connectivity index is 1.45. The van der Waals surface area contributed by atoms with E-state index in [-0.39, 0.29) is 0 Å². The molecule has 0 aromatic heterocycles. The van der Waals surface area contributed by atoms with Gasteiger partial charge in [0.2, 0.25) is 0 Å². The highest BCUT2D eigenvalue weighted by atomic mass is 16.5. The van der Waals surface area contributed by atoms with Crippen molar-refractivity contribution in [2.45, 2.75) is 89.4 Å². The quantitative estimate of drug-likeness (QED) is 0.836. The maximum absolute atomic E-state index is 6.40. The Bertz CT molecular complexity index is 298. The van der Waals surface area contributed by atoms with Gasteiger partial charge in [-0.1, -0.05) is 39.5 Å². The number of hydrogen-bond acceptors (Lipinski definition) is 2. The smallest absolute Gasteiger partial charge is 0.0708 e. The normalized spacial score (nSPS) is 42.0. The van der Waals surface area contributed by atoms with Crippen molar-refractivity contribution in [3.05, 3.63) is 0 Å². The van der Waals surface area contributed by atoms with Crippen LogP contribution in [0.15, 0.2) is 0 Å². The van der Waals surface area contributed by atoms with Crippen molar-refractivity contribution in [3.63, 3.8) is 0 Å².